The van der Waals surface area contributed by atoms with E-state index in [0.29, 0.717) is 5.69 Å². The number of nitrogens with zero attached hydrogens (tertiary/aromatic N) is 4. The van der Waals surface area contributed by atoms with Crippen molar-refractivity contribution in [1.82, 2.24) is 9.80 Å². The van der Waals surface area contributed by atoms with Crippen molar-refractivity contribution in [2.75, 3.05) is 25.0 Å². The summed E-state index contributed by atoms with van der Waals surface area (Å²) in [4.78, 5) is 33.9. The normalized spacial score (nSPS) is 22.4. The Labute approximate surface area is 167 Å². The number of alkyl halides is 3. The minimum absolute atomic E-state index is 0.0365. The Bertz CT molecular complexity index is 714. The fourth-order valence-electron chi connectivity index (χ4n) is 3.14. The molecule has 26 heavy (non-hydrogen) atoms. The summed E-state index contributed by atoms with van der Waals surface area (Å²) in [6.45, 7) is 1.44. The van der Waals surface area contributed by atoms with Crippen LogP contribution in [0.25, 0.3) is 0 Å². The van der Waals surface area contributed by atoms with E-state index in [9.17, 15) is 9.59 Å². The third kappa shape index (κ3) is 3.83. The van der Waals surface area contributed by atoms with Crippen LogP contribution in [0.15, 0.2) is 35.3 Å². The van der Waals surface area contributed by atoms with Gasteiger partial charge in [0.05, 0.1) is 5.69 Å². The quantitative estimate of drug-likeness (QED) is 0.557. The van der Waals surface area contributed by atoms with Crippen molar-refractivity contribution in [3.8, 4) is 0 Å². The van der Waals surface area contributed by atoms with Gasteiger partial charge in [-0.2, -0.15) is 0 Å². The highest BCUT2D eigenvalue weighted by molar-refractivity contribution is 6.68. The number of anilines is 1. The van der Waals surface area contributed by atoms with Crippen LogP contribution in [-0.4, -0.2) is 57.7 Å². The molecule has 0 aliphatic carbocycles. The molecule has 2 heterocycles. The van der Waals surface area contributed by atoms with E-state index in [1.165, 1.54) is 11.9 Å². The number of benzene rings is 1. The third-order valence-corrected chi connectivity index (χ3v) is 5.06. The first kappa shape index (κ1) is 19.4. The molecule has 0 aromatic heterocycles. The van der Waals surface area contributed by atoms with Crippen molar-refractivity contribution in [2.24, 2.45) is 4.99 Å². The van der Waals surface area contributed by atoms with Gasteiger partial charge in [-0.25, -0.2) is 14.7 Å². The van der Waals surface area contributed by atoms with Crippen LogP contribution < -0.4 is 4.90 Å². The monoisotopic (exact) mass is 416 g/mol. The second-order valence-corrected chi connectivity index (χ2v) is 8.65. The highest BCUT2D eigenvalue weighted by Crippen LogP contribution is 2.36. The predicted octanol–water partition coefficient (Wildman–Crippen LogP) is 3.67. The summed E-state index contributed by atoms with van der Waals surface area (Å²) < 4.78 is -1.73. The van der Waals surface area contributed by atoms with Crippen LogP contribution in [0, 0.1) is 0 Å². The van der Waals surface area contributed by atoms with Crippen molar-refractivity contribution in [2.45, 2.75) is 29.2 Å². The lowest BCUT2D eigenvalue weighted by Gasteiger charge is -2.36. The number of hydrogen-bond acceptors (Lipinski definition) is 4. The Morgan fingerprint density at radius 3 is 2.23 bits per heavy atom. The second kappa shape index (κ2) is 7.72. The van der Waals surface area contributed by atoms with Gasteiger partial charge in [0.1, 0.15) is 0 Å². The van der Waals surface area contributed by atoms with E-state index in [4.69, 9.17) is 34.8 Å². The van der Waals surface area contributed by atoms with Gasteiger partial charge in [-0.15, -0.1) is 0 Å². The second-order valence-electron chi connectivity index (χ2n) is 6.28. The van der Waals surface area contributed by atoms with Gasteiger partial charge in [0, 0.05) is 20.1 Å². The number of aliphatic imine (C=N–C) groups is 1. The Morgan fingerprint density at radius 1 is 1.04 bits per heavy atom. The zero-order chi connectivity index (χ0) is 18.9. The number of urea groups is 1. The summed E-state index contributed by atoms with van der Waals surface area (Å²) in [6.07, 6.45) is 2.20. The Morgan fingerprint density at radius 2 is 1.65 bits per heavy atom. The smallest absolute Gasteiger partial charge is 0.278 e. The van der Waals surface area contributed by atoms with Crippen molar-refractivity contribution >= 4 is 58.3 Å². The van der Waals surface area contributed by atoms with Crippen molar-refractivity contribution in [3.05, 3.63) is 30.3 Å². The standard InChI is InChI=1S/C17H19Cl3N4O2/c1-22-14(25)13(24(16(22)26)12-8-4-2-5-9-12)21-15(17(18,19)20)23-10-6-3-7-11-23/h2,4-5,8-9,15H,3,6-7,10-11H2,1H3. The molecule has 0 bridgehead atoms. The molecular formula is C17H19Cl3N4O2. The third-order valence-electron chi connectivity index (χ3n) is 4.47. The zero-order valence-electron chi connectivity index (χ0n) is 14.2. The number of amides is 3. The first-order valence-electron chi connectivity index (χ1n) is 8.36. The number of rotatable bonds is 3. The Balaban J connectivity index is 2.03. The van der Waals surface area contributed by atoms with Gasteiger partial charge < -0.3 is 0 Å². The molecule has 1 unspecified atom stereocenters. The largest absolute Gasteiger partial charge is 0.337 e. The average Bonchev–Trinajstić information content (AvgIpc) is 2.84. The van der Waals surface area contributed by atoms with E-state index in [1.54, 1.807) is 24.3 Å². The number of likely N-dealkylation sites (N-methyl/N-ethyl adjacent to an activating group) is 1. The molecular weight excluding hydrogens is 399 g/mol. The van der Waals surface area contributed by atoms with Gasteiger partial charge >= 0.3 is 6.03 Å². The number of imide groups is 1. The lowest BCUT2D eigenvalue weighted by Crippen LogP contribution is -2.47. The number of carbonyl (C=O) groups is 2. The summed E-state index contributed by atoms with van der Waals surface area (Å²) >= 11 is 18.5. The topological polar surface area (TPSA) is 56.2 Å². The number of piperidine rings is 1. The van der Waals surface area contributed by atoms with Crippen LogP contribution in [0.5, 0.6) is 0 Å². The summed E-state index contributed by atoms with van der Waals surface area (Å²) in [5.74, 6) is -0.555. The molecule has 0 radical (unpaired) electrons. The molecule has 3 amide bonds. The Hall–Kier alpha value is -1.34. The molecule has 2 aliphatic rings. The average molecular weight is 418 g/mol. The van der Waals surface area contributed by atoms with E-state index in [2.05, 4.69) is 4.99 Å². The van der Waals surface area contributed by atoms with Gasteiger partial charge in [-0.3, -0.25) is 14.6 Å². The molecule has 2 saturated heterocycles. The molecule has 3 rings (SSSR count). The van der Waals surface area contributed by atoms with E-state index in [0.717, 1.165) is 37.3 Å². The van der Waals surface area contributed by atoms with E-state index in [-0.39, 0.29) is 5.84 Å². The van der Waals surface area contributed by atoms with Crippen molar-refractivity contribution in [3.63, 3.8) is 0 Å². The molecule has 0 spiro atoms. The summed E-state index contributed by atoms with van der Waals surface area (Å²) in [5, 5.41) is 0. The molecule has 2 fully saturated rings. The predicted molar refractivity (Wildman–Crippen MR) is 104 cm³/mol. The van der Waals surface area contributed by atoms with Crippen LogP contribution in [0.3, 0.4) is 0 Å². The highest BCUT2D eigenvalue weighted by atomic mass is 35.6. The van der Waals surface area contributed by atoms with E-state index in [1.807, 2.05) is 11.0 Å². The molecule has 9 heteroatoms. The van der Waals surface area contributed by atoms with Crippen molar-refractivity contribution in [1.29, 1.82) is 0 Å². The minimum Gasteiger partial charge on any atom is -0.278 e. The number of hydrogen-bond donors (Lipinski definition) is 0. The van der Waals surface area contributed by atoms with Crippen LogP contribution in [-0.2, 0) is 4.79 Å². The fourth-order valence-corrected chi connectivity index (χ4v) is 3.70. The van der Waals surface area contributed by atoms with Crippen LogP contribution in [0.2, 0.25) is 0 Å². The fraction of sp³-hybridized carbons (Fsp3) is 0.471. The maximum atomic E-state index is 12.6. The summed E-state index contributed by atoms with van der Waals surface area (Å²) in [6, 6.07) is 8.35. The van der Waals surface area contributed by atoms with E-state index >= 15 is 0 Å². The van der Waals surface area contributed by atoms with Crippen LogP contribution >= 0.6 is 34.8 Å². The van der Waals surface area contributed by atoms with Crippen molar-refractivity contribution < 1.29 is 9.59 Å². The minimum atomic E-state index is -1.73. The molecule has 0 N–H and O–H groups in total. The van der Waals surface area contributed by atoms with Crippen LogP contribution in [0.1, 0.15) is 19.3 Å². The lowest BCUT2D eigenvalue weighted by molar-refractivity contribution is -0.119. The highest BCUT2D eigenvalue weighted by Gasteiger charge is 2.45. The number of likely N-dealkylation sites (tertiary alicyclic amines) is 1. The van der Waals surface area contributed by atoms with Gasteiger partial charge in [0.2, 0.25) is 9.63 Å². The van der Waals surface area contributed by atoms with Gasteiger partial charge in [0.15, 0.2) is 6.17 Å². The maximum absolute atomic E-state index is 12.6. The lowest BCUT2D eigenvalue weighted by atomic mass is 10.1. The van der Waals surface area contributed by atoms with E-state index < -0.39 is 21.9 Å². The first-order chi connectivity index (χ1) is 12.3. The zero-order valence-corrected chi connectivity index (χ0v) is 16.5. The molecule has 140 valence electrons. The molecule has 1 aromatic rings. The molecule has 0 saturated carbocycles. The maximum Gasteiger partial charge on any atom is 0.337 e. The molecule has 1 aromatic carbocycles. The molecule has 6 nitrogen and oxygen atoms in total. The molecule has 2 aliphatic heterocycles. The number of carbonyl (C=O) groups excluding carboxylic acids is 2. The van der Waals surface area contributed by atoms with Gasteiger partial charge in [-0.05, 0) is 25.0 Å². The summed E-state index contributed by atoms with van der Waals surface area (Å²) in [7, 11) is 1.41. The Kier molecular flexibility index (Phi) is 5.77. The van der Waals surface area contributed by atoms with Crippen LogP contribution in [0.4, 0.5) is 10.5 Å². The number of halogens is 3. The SMILES string of the molecule is CN1C(=O)C(=NC(N2CCCCC2)C(Cl)(Cl)Cl)N(c2ccccc2)C1=O. The number of para-hydroxylation sites is 1. The van der Waals surface area contributed by atoms with Gasteiger partial charge in [0.25, 0.3) is 5.91 Å². The first-order valence-corrected chi connectivity index (χ1v) is 9.50. The molecule has 1 atom stereocenters. The number of amidine groups is 1. The van der Waals surface area contributed by atoms with Gasteiger partial charge in [-0.1, -0.05) is 59.4 Å². The summed E-state index contributed by atoms with van der Waals surface area (Å²) in [5.41, 5.74) is 0.538.